The number of rotatable bonds is 19. The molecule has 0 radical (unpaired) electrons. The Morgan fingerprint density at radius 1 is 0.622 bits per heavy atom. The average Bonchev–Trinajstić information content (AvgIpc) is 4.03. The van der Waals surface area contributed by atoms with Crippen molar-refractivity contribution in [3.05, 3.63) is 327 Å². The zero-order chi connectivity index (χ0) is 55.7. The van der Waals surface area contributed by atoms with E-state index in [-0.39, 0.29) is 17.1 Å². The summed E-state index contributed by atoms with van der Waals surface area (Å²) in [7, 11) is 0. The molecule has 1 unspecified atom stereocenters. The summed E-state index contributed by atoms with van der Waals surface area (Å²) in [6, 6.07) is 77.5. The summed E-state index contributed by atoms with van der Waals surface area (Å²) < 4.78 is 10.4. The van der Waals surface area contributed by atoms with E-state index in [9.17, 15) is 9.59 Å². The first-order chi connectivity index (χ1) is 40.4. The van der Waals surface area contributed by atoms with Gasteiger partial charge in [0.15, 0.2) is 16.9 Å². The molecule has 82 heavy (non-hydrogen) atoms. The van der Waals surface area contributed by atoms with Crippen molar-refractivity contribution in [2.75, 3.05) is 11.1 Å². The average molecular weight is 1130 g/mol. The number of β-lactam (4-membered cyclic amide) rings is 1. The Labute approximate surface area is 486 Å². The van der Waals surface area contributed by atoms with E-state index in [2.05, 4.69) is 56.6 Å². The van der Waals surface area contributed by atoms with E-state index in [4.69, 9.17) is 19.7 Å². The van der Waals surface area contributed by atoms with Crippen LogP contribution in [0.3, 0.4) is 0 Å². The highest BCUT2D eigenvalue weighted by Crippen LogP contribution is 2.45. The van der Waals surface area contributed by atoms with E-state index < -0.39 is 46.4 Å². The molecule has 10 aromatic rings. The van der Waals surface area contributed by atoms with Gasteiger partial charge in [-0.05, 0) is 51.0 Å². The lowest BCUT2D eigenvalue weighted by molar-refractivity contribution is -0.154. The topological polar surface area (TPSA) is 148 Å². The molecule has 12 nitrogen and oxygen atoms in total. The summed E-state index contributed by atoms with van der Waals surface area (Å²) >= 11 is 3.92. The number of nitrogens with one attached hydrogen (secondary N) is 2. The third-order valence-corrected chi connectivity index (χ3v) is 17.1. The molecule has 2 aliphatic rings. The fourth-order valence-electron chi connectivity index (χ4n) is 10.5. The van der Waals surface area contributed by atoms with Gasteiger partial charge in [-0.25, -0.2) is 9.78 Å². The number of oxime groups is 1. The number of thiazole rings is 1. The van der Waals surface area contributed by atoms with Crippen molar-refractivity contribution >= 4 is 69.3 Å². The number of aromatic nitrogens is 3. The van der Waals surface area contributed by atoms with Crippen molar-refractivity contribution in [3.8, 4) is 0 Å². The third kappa shape index (κ3) is 10.6. The van der Waals surface area contributed by atoms with Gasteiger partial charge in [-0.15, -0.1) is 28.2 Å². The highest BCUT2D eigenvalue weighted by atomic mass is 32.2. The second-order valence-corrected chi connectivity index (χ2v) is 22.1. The Morgan fingerprint density at radius 3 is 1.55 bits per heavy atom. The molecule has 2 N–H and O–H groups in total. The van der Waals surface area contributed by atoms with Gasteiger partial charge >= 0.3 is 5.97 Å². The van der Waals surface area contributed by atoms with Gasteiger partial charge in [-0.1, -0.05) is 258 Å². The number of benzene rings is 8. The normalized spacial score (nSPS) is 15.4. The number of carbonyl (C=O) groups excluding carboxylic acids is 3. The number of hydrogen-bond acceptors (Lipinski definition) is 13. The van der Waals surface area contributed by atoms with E-state index in [1.54, 1.807) is 17.7 Å². The Bertz CT molecular complexity index is 3660. The minimum Gasteiger partial charge on any atom is -0.448 e. The second kappa shape index (κ2) is 24.0. The molecule has 0 spiro atoms. The molecule has 0 bridgehead atoms. The zero-order valence-electron chi connectivity index (χ0n) is 43.8. The van der Waals surface area contributed by atoms with E-state index in [0.29, 0.717) is 16.5 Å². The van der Waals surface area contributed by atoms with Crippen LogP contribution in [0.1, 0.15) is 61.2 Å². The number of amides is 2. The van der Waals surface area contributed by atoms with Crippen molar-refractivity contribution < 1.29 is 24.0 Å². The van der Waals surface area contributed by atoms with Crippen LogP contribution in [-0.2, 0) is 35.1 Å². The van der Waals surface area contributed by atoms with Crippen LogP contribution in [0.4, 0.5) is 5.13 Å². The van der Waals surface area contributed by atoms with Crippen LogP contribution in [0.5, 0.6) is 0 Å². The van der Waals surface area contributed by atoms with Crippen LogP contribution in [0.25, 0.3) is 6.08 Å². The quantitative estimate of drug-likeness (QED) is 0.0264. The monoisotopic (exact) mass is 1130 g/mol. The van der Waals surface area contributed by atoms with Crippen LogP contribution >= 0.6 is 34.6 Å². The standard InChI is InChI=1S/C67H51N7O5S3/c75-61(70-58-62(76)74-59(48(44-80-63(58)74)41-42-55-43-68-73-82-55)64(77)78-60(46-25-9-1-10-26-46)47-27-11-2-12-28-47)57(72-79-67(52-35-19-6-20-36-52,53-37-21-7-22-38-53)54-39-23-8-24-40-54)56-45-81-65(69-56)71-66(49-29-13-3-14-30-49,50-31-15-4-16-32-50)51-33-17-5-18-34-51/h1-43,45,58,60,63H,44H2,(H,69,71)(H,70,75)/b42-41-,72-57-/t58?,63-/m0/s1. The number of allylic oxidation sites excluding steroid dienone is 1. The summed E-state index contributed by atoms with van der Waals surface area (Å²) in [4.78, 5) is 59.8. The number of nitrogens with zero attached hydrogens (tertiary/aromatic N) is 5. The van der Waals surface area contributed by atoms with Crippen LogP contribution in [0, 0.1) is 0 Å². The molecule has 2 aromatic heterocycles. The highest BCUT2D eigenvalue weighted by Gasteiger charge is 2.55. The van der Waals surface area contributed by atoms with Gasteiger partial charge in [0.1, 0.15) is 28.3 Å². The maximum atomic E-state index is 15.5. The number of carbonyl (C=O) groups is 3. The van der Waals surface area contributed by atoms with Crippen LogP contribution in [0.2, 0.25) is 0 Å². The molecule has 402 valence electrons. The molecule has 4 heterocycles. The summed E-state index contributed by atoms with van der Waals surface area (Å²) in [5.41, 5.74) is 4.98. The number of ether oxygens (including phenoxy) is 1. The first-order valence-electron chi connectivity index (χ1n) is 26.5. The molecule has 2 amide bonds. The molecule has 15 heteroatoms. The second-order valence-electron chi connectivity index (χ2n) is 19.3. The van der Waals surface area contributed by atoms with Crippen molar-refractivity contribution in [2.24, 2.45) is 5.16 Å². The molecule has 2 aliphatic heterocycles. The predicted molar refractivity (Wildman–Crippen MR) is 324 cm³/mol. The van der Waals surface area contributed by atoms with Crippen LogP contribution in [0.15, 0.2) is 277 Å². The molecular formula is C67H51N7O5S3. The summed E-state index contributed by atoms with van der Waals surface area (Å²) in [5, 5.41) is 17.3. The van der Waals surface area contributed by atoms with Gasteiger partial charge in [0.05, 0.1) is 11.1 Å². The summed E-state index contributed by atoms with van der Waals surface area (Å²) in [5.74, 6) is -1.62. The predicted octanol–water partition coefficient (Wildman–Crippen LogP) is 12.8. The van der Waals surface area contributed by atoms with Crippen LogP contribution < -0.4 is 10.6 Å². The maximum absolute atomic E-state index is 15.5. The zero-order valence-corrected chi connectivity index (χ0v) is 46.3. The van der Waals surface area contributed by atoms with E-state index in [1.807, 2.05) is 212 Å². The largest absolute Gasteiger partial charge is 0.448 e. The van der Waals surface area contributed by atoms with E-state index in [0.717, 1.165) is 49.4 Å². The Balaban J connectivity index is 0.938. The fraction of sp³-hybridized carbons (Fsp3) is 0.0896. The maximum Gasteiger partial charge on any atom is 0.356 e. The number of fused-ring (bicyclic) bond motifs is 1. The SMILES string of the molecule is O=C(OC(c1ccccc1)c1ccccc1)C1=C(/C=C\c2cnns2)CS[C@H]2C(NC(=O)/C(=N\OC(c3ccccc3)(c3ccccc3)c3ccccc3)c3csc(NC(c4ccccc4)(c4ccccc4)c4ccccc4)n3)C(=O)N12. The number of thioether (sulfide) groups is 1. The summed E-state index contributed by atoms with van der Waals surface area (Å²) in [6.45, 7) is 0. The molecule has 1 saturated heterocycles. The Kier molecular flexibility index (Phi) is 15.6. The molecular weight excluding hydrogens is 1080 g/mol. The summed E-state index contributed by atoms with van der Waals surface area (Å²) in [6.07, 6.45) is 4.44. The van der Waals surface area contributed by atoms with Gasteiger partial charge in [-0.3, -0.25) is 14.5 Å². The number of hydrogen-bond donors (Lipinski definition) is 2. The lowest BCUT2D eigenvalue weighted by Crippen LogP contribution is -2.71. The minimum atomic E-state index is -1.38. The molecule has 1 fully saturated rings. The first kappa shape index (κ1) is 53.1. The van der Waals surface area contributed by atoms with E-state index >= 15 is 4.79 Å². The molecule has 12 rings (SSSR count). The lowest BCUT2D eigenvalue weighted by Gasteiger charge is -2.49. The van der Waals surface area contributed by atoms with Crippen molar-refractivity contribution in [1.82, 2.24) is 24.8 Å². The first-order valence-corrected chi connectivity index (χ1v) is 29.2. The van der Waals surface area contributed by atoms with Gasteiger partial charge in [0.25, 0.3) is 11.8 Å². The molecule has 0 aliphatic carbocycles. The molecule has 8 aromatic carbocycles. The van der Waals surface area contributed by atoms with Gasteiger partial charge < -0.3 is 20.2 Å². The lowest BCUT2D eigenvalue weighted by atomic mass is 9.77. The number of anilines is 1. The highest BCUT2D eigenvalue weighted by molar-refractivity contribution is 8.00. The van der Waals surface area contributed by atoms with E-state index in [1.165, 1.54) is 39.5 Å². The fourth-order valence-corrected chi connectivity index (χ4v) is 13.0. The van der Waals surface area contributed by atoms with Crippen molar-refractivity contribution in [2.45, 2.75) is 28.7 Å². The van der Waals surface area contributed by atoms with Gasteiger partial charge in [-0.2, -0.15) is 0 Å². The molecule has 2 atom stereocenters. The van der Waals surface area contributed by atoms with Crippen molar-refractivity contribution in [1.29, 1.82) is 0 Å². The minimum absolute atomic E-state index is 0.0781. The smallest absolute Gasteiger partial charge is 0.356 e. The van der Waals surface area contributed by atoms with Gasteiger partial charge in [0, 0.05) is 27.8 Å². The van der Waals surface area contributed by atoms with Gasteiger partial charge in [0.2, 0.25) is 5.60 Å². The Hall–Kier alpha value is -9.54. The number of esters is 1. The van der Waals surface area contributed by atoms with Crippen LogP contribution in [-0.4, -0.2) is 60.1 Å². The molecule has 0 saturated carbocycles. The van der Waals surface area contributed by atoms with Crippen molar-refractivity contribution in [3.63, 3.8) is 0 Å². The third-order valence-electron chi connectivity index (χ3n) is 14.4. The Morgan fingerprint density at radius 2 is 1.09 bits per heavy atom.